The molecule has 1 aliphatic carbocycles. The van der Waals surface area contributed by atoms with Gasteiger partial charge in [0.1, 0.15) is 11.9 Å². The molecule has 1 saturated carbocycles. The molecule has 0 atom stereocenters. The van der Waals surface area contributed by atoms with Crippen molar-refractivity contribution in [3.05, 3.63) is 28.6 Å². The highest BCUT2D eigenvalue weighted by Crippen LogP contribution is 2.39. The van der Waals surface area contributed by atoms with Gasteiger partial charge in [0.25, 0.3) is 0 Å². The number of nitrogens with zero attached hydrogens (tertiary/aromatic N) is 2. The van der Waals surface area contributed by atoms with E-state index in [4.69, 9.17) is 0 Å². The Morgan fingerprint density at radius 3 is 2.79 bits per heavy atom. The molecule has 0 radical (unpaired) electrons. The molecule has 2 rings (SSSR count). The Bertz CT molecular complexity index is 498. The summed E-state index contributed by atoms with van der Waals surface area (Å²) in [5, 5.41) is 23.1. The number of carboxylic acids is 1. The molecule has 1 aromatic rings. The molecule has 0 aliphatic heterocycles. The van der Waals surface area contributed by atoms with E-state index in [0.29, 0.717) is 18.5 Å². The summed E-state index contributed by atoms with van der Waals surface area (Å²) in [7, 11) is 0. The highest BCUT2D eigenvalue weighted by Gasteiger charge is 2.41. The van der Waals surface area contributed by atoms with Crippen LogP contribution in [0.4, 0.5) is 11.4 Å². The second kappa shape index (κ2) is 5.21. The van der Waals surface area contributed by atoms with Gasteiger partial charge in [-0.2, -0.15) is 0 Å². The van der Waals surface area contributed by atoms with Gasteiger partial charge < -0.3 is 10.4 Å². The largest absolute Gasteiger partial charge is 0.481 e. The normalized spacial score (nSPS) is 17.1. The van der Waals surface area contributed by atoms with Crippen LogP contribution in [0.5, 0.6) is 0 Å². The molecule has 2 N–H and O–H groups in total. The van der Waals surface area contributed by atoms with Crippen LogP contribution in [0, 0.1) is 15.5 Å². The smallest absolute Gasteiger partial charge is 0.311 e. The average Bonchev–Trinajstić information content (AvgIpc) is 2.86. The first-order chi connectivity index (χ1) is 9.05. The number of carbonyl (C=O) groups is 1. The van der Waals surface area contributed by atoms with E-state index in [1.165, 1.54) is 12.3 Å². The van der Waals surface area contributed by atoms with Crippen molar-refractivity contribution in [3.8, 4) is 0 Å². The van der Waals surface area contributed by atoms with Crippen LogP contribution in [0.15, 0.2) is 18.5 Å². The first-order valence-electron chi connectivity index (χ1n) is 6.11. The molecular formula is C12H15N3O4. The molecule has 0 aromatic carbocycles. The van der Waals surface area contributed by atoms with Crippen LogP contribution in [0.1, 0.15) is 25.7 Å². The molecule has 0 amide bonds. The van der Waals surface area contributed by atoms with Gasteiger partial charge in [0.05, 0.1) is 10.3 Å². The van der Waals surface area contributed by atoms with E-state index in [1.807, 2.05) is 0 Å². The zero-order valence-corrected chi connectivity index (χ0v) is 10.3. The number of rotatable bonds is 5. The number of hydrogen-bond donors (Lipinski definition) is 2. The predicted octanol–water partition coefficient (Wildman–Crippen LogP) is 2.05. The number of nitrogens with one attached hydrogen (secondary N) is 1. The van der Waals surface area contributed by atoms with Gasteiger partial charge in [0.2, 0.25) is 0 Å². The lowest BCUT2D eigenvalue weighted by atomic mass is 9.86. The molecule has 1 fully saturated rings. The number of pyridine rings is 1. The molecule has 1 aliphatic rings. The summed E-state index contributed by atoms with van der Waals surface area (Å²) in [5.74, 6) is -0.839. The molecule has 0 unspecified atom stereocenters. The molecule has 1 heterocycles. The second-order valence-electron chi connectivity index (χ2n) is 4.80. The first kappa shape index (κ1) is 13.3. The Kier molecular flexibility index (Phi) is 3.64. The molecule has 0 saturated heterocycles. The maximum Gasteiger partial charge on any atom is 0.311 e. The van der Waals surface area contributed by atoms with Crippen LogP contribution in [-0.4, -0.2) is 27.5 Å². The summed E-state index contributed by atoms with van der Waals surface area (Å²) in [6.45, 7) is 0.202. The van der Waals surface area contributed by atoms with E-state index in [-0.39, 0.29) is 12.2 Å². The van der Waals surface area contributed by atoms with Gasteiger partial charge in [0, 0.05) is 12.7 Å². The van der Waals surface area contributed by atoms with Gasteiger partial charge in [-0.1, -0.05) is 12.8 Å². The van der Waals surface area contributed by atoms with Crippen molar-refractivity contribution < 1.29 is 14.8 Å². The monoisotopic (exact) mass is 265 g/mol. The van der Waals surface area contributed by atoms with Gasteiger partial charge in [-0.15, -0.1) is 0 Å². The lowest BCUT2D eigenvalue weighted by molar-refractivity contribution is -0.384. The van der Waals surface area contributed by atoms with Crippen molar-refractivity contribution >= 4 is 17.3 Å². The summed E-state index contributed by atoms with van der Waals surface area (Å²) in [5.41, 5.74) is -0.634. The molecule has 19 heavy (non-hydrogen) atoms. The van der Waals surface area contributed by atoms with E-state index in [1.54, 1.807) is 0 Å². The van der Waals surface area contributed by atoms with Crippen molar-refractivity contribution in [3.63, 3.8) is 0 Å². The minimum Gasteiger partial charge on any atom is -0.481 e. The third-order valence-corrected chi connectivity index (χ3v) is 3.63. The van der Waals surface area contributed by atoms with Crippen LogP contribution in [0.2, 0.25) is 0 Å². The summed E-state index contributed by atoms with van der Waals surface area (Å²) in [4.78, 5) is 25.4. The van der Waals surface area contributed by atoms with Crippen LogP contribution in [0.3, 0.4) is 0 Å². The number of anilines is 1. The van der Waals surface area contributed by atoms with E-state index in [2.05, 4.69) is 10.3 Å². The average molecular weight is 265 g/mol. The minimum atomic E-state index is -0.839. The van der Waals surface area contributed by atoms with E-state index in [0.717, 1.165) is 19.0 Å². The topological polar surface area (TPSA) is 105 Å². The van der Waals surface area contributed by atoms with Crippen molar-refractivity contribution in [2.75, 3.05) is 11.9 Å². The Hall–Kier alpha value is -2.18. The molecule has 102 valence electrons. The molecule has 0 bridgehead atoms. The molecule has 7 nitrogen and oxygen atoms in total. The molecule has 0 spiro atoms. The minimum absolute atomic E-state index is 0.138. The van der Waals surface area contributed by atoms with Crippen molar-refractivity contribution in [2.45, 2.75) is 25.7 Å². The number of hydrogen-bond acceptors (Lipinski definition) is 5. The zero-order valence-electron chi connectivity index (χ0n) is 10.3. The van der Waals surface area contributed by atoms with Gasteiger partial charge >= 0.3 is 11.7 Å². The third-order valence-electron chi connectivity index (χ3n) is 3.63. The highest BCUT2D eigenvalue weighted by molar-refractivity contribution is 5.76. The Morgan fingerprint density at radius 1 is 1.53 bits per heavy atom. The number of aromatic nitrogens is 1. The first-order valence-corrected chi connectivity index (χ1v) is 6.11. The fourth-order valence-electron chi connectivity index (χ4n) is 2.46. The lowest BCUT2D eigenvalue weighted by Gasteiger charge is -2.24. The quantitative estimate of drug-likeness (QED) is 0.623. The van der Waals surface area contributed by atoms with Crippen molar-refractivity contribution in [1.82, 2.24) is 4.98 Å². The standard InChI is InChI=1S/C12H15N3O4/c16-11(17)12(4-1-2-5-12)8-14-9-3-6-13-7-10(9)15(18)19/h3,6-7H,1-2,4-5,8H2,(H,13,14)(H,16,17). The molecular weight excluding hydrogens is 250 g/mol. The number of carboxylic acid groups (broad SMARTS) is 1. The Labute approximate surface area is 109 Å². The molecule has 7 heteroatoms. The summed E-state index contributed by atoms with van der Waals surface area (Å²) in [6.07, 6.45) is 5.57. The van der Waals surface area contributed by atoms with Gasteiger partial charge in [-0.25, -0.2) is 0 Å². The van der Waals surface area contributed by atoms with E-state index >= 15 is 0 Å². The zero-order chi connectivity index (χ0) is 13.9. The van der Waals surface area contributed by atoms with Gasteiger partial charge in [-0.05, 0) is 18.9 Å². The van der Waals surface area contributed by atoms with Crippen LogP contribution < -0.4 is 5.32 Å². The predicted molar refractivity (Wildman–Crippen MR) is 67.9 cm³/mol. The lowest BCUT2D eigenvalue weighted by Crippen LogP contribution is -2.35. The summed E-state index contributed by atoms with van der Waals surface area (Å²) < 4.78 is 0. The SMILES string of the molecule is O=C(O)C1(CNc2ccncc2[N+](=O)[O-])CCCC1. The van der Waals surface area contributed by atoms with Crippen LogP contribution >= 0.6 is 0 Å². The van der Waals surface area contributed by atoms with Gasteiger partial charge in [-0.3, -0.25) is 19.9 Å². The Balaban J connectivity index is 2.14. The van der Waals surface area contributed by atoms with E-state index < -0.39 is 16.3 Å². The summed E-state index contributed by atoms with van der Waals surface area (Å²) in [6, 6.07) is 1.49. The molecule has 1 aromatic heterocycles. The fourth-order valence-corrected chi connectivity index (χ4v) is 2.46. The van der Waals surface area contributed by atoms with Gasteiger partial charge in [0.15, 0.2) is 0 Å². The maximum absolute atomic E-state index is 11.4. The van der Waals surface area contributed by atoms with Crippen LogP contribution in [0.25, 0.3) is 0 Å². The number of aliphatic carboxylic acids is 1. The van der Waals surface area contributed by atoms with Crippen molar-refractivity contribution in [1.29, 1.82) is 0 Å². The summed E-state index contributed by atoms with van der Waals surface area (Å²) >= 11 is 0. The number of nitro groups is 1. The van der Waals surface area contributed by atoms with Crippen LogP contribution in [-0.2, 0) is 4.79 Å². The maximum atomic E-state index is 11.4. The Morgan fingerprint density at radius 2 is 2.21 bits per heavy atom. The second-order valence-corrected chi connectivity index (χ2v) is 4.80. The highest BCUT2D eigenvalue weighted by atomic mass is 16.6. The van der Waals surface area contributed by atoms with Crippen molar-refractivity contribution in [2.24, 2.45) is 5.41 Å². The third kappa shape index (κ3) is 2.64. The van der Waals surface area contributed by atoms with E-state index in [9.17, 15) is 20.0 Å². The fraction of sp³-hybridized carbons (Fsp3) is 0.500.